The number of fused-ring (bicyclic) bond motifs is 1. The zero-order chi connectivity index (χ0) is 19.9. The Morgan fingerprint density at radius 3 is 2.41 bits per heavy atom. The van der Waals surface area contributed by atoms with Crippen molar-refractivity contribution in [2.75, 3.05) is 61.2 Å². The minimum atomic E-state index is 0. The van der Waals surface area contributed by atoms with Crippen LogP contribution in [-0.4, -0.2) is 83.0 Å². The van der Waals surface area contributed by atoms with E-state index in [1.165, 1.54) is 24.0 Å². The predicted molar refractivity (Wildman–Crippen MR) is 127 cm³/mol. The average Bonchev–Trinajstić information content (AvgIpc) is 3.57. The number of halogens is 1. The summed E-state index contributed by atoms with van der Waals surface area (Å²) in [6, 6.07) is 4.93. The highest BCUT2D eigenvalue weighted by molar-refractivity contribution is 14.0. The second kappa shape index (κ2) is 11.8. The van der Waals surface area contributed by atoms with E-state index in [1.807, 2.05) is 7.05 Å². The number of hydrogen-bond acceptors (Lipinski definition) is 5. The molecule has 1 N–H and O–H groups in total. The second-order valence-electron chi connectivity index (χ2n) is 7.38. The van der Waals surface area contributed by atoms with E-state index in [0.29, 0.717) is 0 Å². The Morgan fingerprint density at radius 1 is 1.14 bits per heavy atom. The maximum atomic E-state index is 5.47. The normalized spacial score (nSPS) is 16.3. The van der Waals surface area contributed by atoms with Gasteiger partial charge in [-0.3, -0.25) is 9.89 Å². The Kier molecular flexibility index (Phi) is 9.78. The van der Waals surface area contributed by atoms with Gasteiger partial charge in [-0.25, -0.2) is 0 Å². The van der Waals surface area contributed by atoms with Crippen LogP contribution >= 0.6 is 24.0 Å². The first-order valence-electron chi connectivity index (χ1n) is 10.1. The molecule has 3 rings (SSSR count). The van der Waals surface area contributed by atoms with Gasteiger partial charge in [-0.15, -0.1) is 24.0 Å². The Hall–Kier alpha value is -1.26. The van der Waals surface area contributed by atoms with Crippen LogP contribution in [0.4, 0.5) is 0 Å². The maximum absolute atomic E-state index is 5.47. The number of hydrogen-bond donors (Lipinski definition) is 1. The molecule has 0 saturated heterocycles. The van der Waals surface area contributed by atoms with Crippen LogP contribution in [0.15, 0.2) is 17.1 Å². The van der Waals surface area contributed by atoms with E-state index in [1.54, 1.807) is 21.3 Å². The molecule has 0 bridgehead atoms. The van der Waals surface area contributed by atoms with Crippen molar-refractivity contribution in [2.24, 2.45) is 4.99 Å². The summed E-state index contributed by atoms with van der Waals surface area (Å²) in [7, 11) is 6.99. The lowest BCUT2D eigenvalue weighted by atomic mass is 9.99. The van der Waals surface area contributed by atoms with Gasteiger partial charge in [0.2, 0.25) is 0 Å². The fourth-order valence-corrected chi connectivity index (χ4v) is 3.83. The molecule has 1 saturated carbocycles. The molecule has 0 unspecified atom stereocenters. The van der Waals surface area contributed by atoms with Crippen molar-refractivity contribution in [3.63, 3.8) is 0 Å². The molecule has 7 nitrogen and oxygen atoms in total. The highest BCUT2D eigenvalue weighted by Gasteiger charge is 2.28. The standard InChI is InChI=1S/C21H34N4O3.HI/c1-22-21(23-8-10-24(11-12-26-2)18-5-6-18)25-9-7-16-13-19(27-3)20(28-4)14-17(16)15-25;/h13-14,18H,5-12,15H2,1-4H3,(H,22,23);1H. The predicted octanol–water partition coefficient (Wildman–Crippen LogP) is 2.37. The number of nitrogens with one attached hydrogen (secondary N) is 1. The summed E-state index contributed by atoms with van der Waals surface area (Å²) in [5.74, 6) is 2.54. The van der Waals surface area contributed by atoms with Gasteiger partial charge in [0.1, 0.15) is 0 Å². The molecule has 164 valence electrons. The molecule has 1 aliphatic heterocycles. The number of guanidine groups is 1. The van der Waals surface area contributed by atoms with Crippen LogP contribution in [0.25, 0.3) is 0 Å². The van der Waals surface area contributed by atoms with Crippen LogP contribution in [0.1, 0.15) is 24.0 Å². The van der Waals surface area contributed by atoms with Gasteiger partial charge >= 0.3 is 0 Å². The summed E-state index contributed by atoms with van der Waals surface area (Å²) < 4.78 is 16.2. The van der Waals surface area contributed by atoms with Gasteiger partial charge in [0.25, 0.3) is 0 Å². The van der Waals surface area contributed by atoms with E-state index in [-0.39, 0.29) is 24.0 Å². The largest absolute Gasteiger partial charge is 0.493 e. The number of methoxy groups -OCH3 is 3. The molecule has 1 heterocycles. The van der Waals surface area contributed by atoms with Gasteiger partial charge in [0.05, 0.1) is 20.8 Å². The monoisotopic (exact) mass is 518 g/mol. The van der Waals surface area contributed by atoms with Crippen molar-refractivity contribution >= 4 is 29.9 Å². The van der Waals surface area contributed by atoms with Gasteiger partial charge in [-0.1, -0.05) is 0 Å². The van der Waals surface area contributed by atoms with E-state index >= 15 is 0 Å². The van der Waals surface area contributed by atoms with Crippen LogP contribution in [0.3, 0.4) is 0 Å². The third-order valence-corrected chi connectivity index (χ3v) is 5.56. The first-order chi connectivity index (χ1) is 13.7. The van der Waals surface area contributed by atoms with E-state index in [0.717, 1.165) is 69.3 Å². The van der Waals surface area contributed by atoms with E-state index in [2.05, 4.69) is 32.2 Å². The summed E-state index contributed by atoms with van der Waals surface area (Å²) in [6.45, 7) is 5.47. The van der Waals surface area contributed by atoms with E-state index in [9.17, 15) is 0 Å². The SMILES string of the molecule is CN=C(NCCN(CCOC)C1CC1)N1CCc2cc(OC)c(OC)cc2C1.I. The third-order valence-electron chi connectivity index (χ3n) is 5.56. The average molecular weight is 518 g/mol. The molecule has 0 radical (unpaired) electrons. The minimum Gasteiger partial charge on any atom is -0.493 e. The van der Waals surface area contributed by atoms with Crippen molar-refractivity contribution < 1.29 is 14.2 Å². The molecule has 1 aromatic carbocycles. The molecule has 2 aliphatic rings. The fraction of sp³-hybridized carbons (Fsp3) is 0.667. The van der Waals surface area contributed by atoms with Crippen molar-refractivity contribution in [3.05, 3.63) is 23.3 Å². The summed E-state index contributed by atoms with van der Waals surface area (Å²) >= 11 is 0. The lowest BCUT2D eigenvalue weighted by Gasteiger charge is -2.32. The van der Waals surface area contributed by atoms with E-state index < -0.39 is 0 Å². The van der Waals surface area contributed by atoms with Crippen LogP contribution in [-0.2, 0) is 17.7 Å². The number of benzene rings is 1. The Balaban J connectivity index is 0.00000300. The van der Waals surface area contributed by atoms with Crippen LogP contribution < -0.4 is 14.8 Å². The summed E-state index contributed by atoms with van der Waals surface area (Å²) in [6.07, 6.45) is 3.59. The highest BCUT2D eigenvalue weighted by Crippen LogP contribution is 2.33. The molecule has 0 spiro atoms. The molecule has 0 amide bonds. The van der Waals surface area contributed by atoms with Gasteiger partial charge in [0.15, 0.2) is 17.5 Å². The van der Waals surface area contributed by atoms with Gasteiger partial charge in [0, 0.05) is 52.9 Å². The summed E-state index contributed by atoms with van der Waals surface area (Å²) in [4.78, 5) is 9.34. The first kappa shape index (κ1) is 24.0. The molecule has 8 heteroatoms. The lowest BCUT2D eigenvalue weighted by Crippen LogP contribution is -2.46. The van der Waals surface area contributed by atoms with Crippen molar-refractivity contribution in [2.45, 2.75) is 31.8 Å². The Labute approximate surface area is 191 Å². The second-order valence-corrected chi connectivity index (χ2v) is 7.38. The van der Waals surface area contributed by atoms with Gasteiger partial charge in [-0.05, 0) is 42.5 Å². The number of rotatable bonds is 9. The number of ether oxygens (including phenoxy) is 3. The van der Waals surface area contributed by atoms with Crippen LogP contribution in [0.2, 0.25) is 0 Å². The summed E-state index contributed by atoms with van der Waals surface area (Å²) in [5.41, 5.74) is 2.59. The highest BCUT2D eigenvalue weighted by atomic mass is 127. The maximum Gasteiger partial charge on any atom is 0.194 e. The quantitative estimate of drug-likeness (QED) is 0.308. The molecule has 0 atom stereocenters. The molecule has 0 aromatic heterocycles. The molecular weight excluding hydrogens is 483 g/mol. The number of nitrogens with zero attached hydrogens (tertiary/aromatic N) is 3. The molecule has 1 fully saturated rings. The molecular formula is C21H35IN4O3. The Morgan fingerprint density at radius 2 is 1.83 bits per heavy atom. The zero-order valence-corrected chi connectivity index (χ0v) is 20.4. The smallest absolute Gasteiger partial charge is 0.194 e. The molecule has 1 aromatic rings. The zero-order valence-electron chi connectivity index (χ0n) is 18.1. The summed E-state index contributed by atoms with van der Waals surface area (Å²) in [5, 5.41) is 3.55. The molecule has 1 aliphatic carbocycles. The minimum absolute atomic E-state index is 0. The first-order valence-corrected chi connectivity index (χ1v) is 10.1. The topological polar surface area (TPSA) is 58.6 Å². The third kappa shape index (κ3) is 6.36. The van der Waals surface area contributed by atoms with Crippen molar-refractivity contribution in [1.82, 2.24) is 15.1 Å². The lowest BCUT2D eigenvalue weighted by molar-refractivity contribution is 0.144. The molecule has 29 heavy (non-hydrogen) atoms. The van der Waals surface area contributed by atoms with Crippen LogP contribution in [0, 0.1) is 0 Å². The fourth-order valence-electron chi connectivity index (χ4n) is 3.83. The van der Waals surface area contributed by atoms with Crippen LogP contribution in [0.5, 0.6) is 11.5 Å². The Bertz CT molecular complexity index is 682. The number of aliphatic imine (C=N–C) groups is 1. The van der Waals surface area contributed by atoms with Crippen molar-refractivity contribution in [3.8, 4) is 11.5 Å². The van der Waals surface area contributed by atoms with Crippen molar-refractivity contribution in [1.29, 1.82) is 0 Å². The van der Waals surface area contributed by atoms with Gasteiger partial charge < -0.3 is 24.4 Å². The van der Waals surface area contributed by atoms with Gasteiger partial charge in [-0.2, -0.15) is 0 Å². The van der Waals surface area contributed by atoms with E-state index in [4.69, 9.17) is 14.2 Å².